The largest absolute Gasteiger partial charge is 0.497 e. The fourth-order valence-corrected chi connectivity index (χ4v) is 2.37. The van der Waals surface area contributed by atoms with E-state index in [4.69, 9.17) is 18.9 Å². The highest BCUT2D eigenvalue weighted by molar-refractivity contribution is 5.94. The number of ether oxygens (including phenoxy) is 4. The van der Waals surface area contributed by atoms with E-state index in [0.717, 1.165) is 11.5 Å². The Bertz CT molecular complexity index is 715. The smallest absolute Gasteiger partial charge is 0.253 e. The molecule has 0 aromatic heterocycles. The number of rotatable bonds is 9. The summed E-state index contributed by atoms with van der Waals surface area (Å²) in [5.41, 5.74) is 0.539. The first kappa shape index (κ1) is 19.4. The van der Waals surface area contributed by atoms with Crippen molar-refractivity contribution in [1.82, 2.24) is 4.90 Å². The minimum Gasteiger partial charge on any atom is -0.497 e. The van der Waals surface area contributed by atoms with Gasteiger partial charge in [-0.15, -0.1) is 0 Å². The SMILES string of the molecule is CCOc1ccc(C(=O)N(C)CCOc2ccc(OC)cc2)cc1OC. The molecule has 0 saturated heterocycles. The van der Waals surface area contributed by atoms with Gasteiger partial charge in [0.2, 0.25) is 0 Å². The monoisotopic (exact) mass is 359 g/mol. The third kappa shape index (κ3) is 5.05. The zero-order valence-corrected chi connectivity index (χ0v) is 15.7. The average molecular weight is 359 g/mol. The molecule has 0 atom stereocenters. The van der Waals surface area contributed by atoms with Crippen molar-refractivity contribution in [2.75, 3.05) is 41.0 Å². The number of benzene rings is 2. The Morgan fingerprint density at radius 1 is 0.923 bits per heavy atom. The molecule has 0 fully saturated rings. The molecule has 0 heterocycles. The Balaban J connectivity index is 1.92. The fraction of sp³-hybridized carbons (Fsp3) is 0.350. The molecule has 0 aliphatic heterocycles. The lowest BCUT2D eigenvalue weighted by atomic mass is 10.1. The Hall–Kier alpha value is -2.89. The first-order valence-corrected chi connectivity index (χ1v) is 8.42. The molecule has 0 aliphatic carbocycles. The van der Waals surface area contributed by atoms with Crippen molar-refractivity contribution in [2.45, 2.75) is 6.92 Å². The Morgan fingerprint density at radius 2 is 1.62 bits per heavy atom. The molecular weight excluding hydrogens is 334 g/mol. The molecule has 2 rings (SSSR count). The van der Waals surface area contributed by atoms with Gasteiger partial charge in [-0.3, -0.25) is 4.79 Å². The number of hydrogen-bond donors (Lipinski definition) is 0. The normalized spacial score (nSPS) is 10.2. The van der Waals surface area contributed by atoms with Crippen molar-refractivity contribution in [3.63, 3.8) is 0 Å². The highest BCUT2D eigenvalue weighted by Gasteiger charge is 2.15. The number of carbonyl (C=O) groups excluding carboxylic acids is 1. The van der Waals surface area contributed by atoms with Crippen molar-refractivity contribution in [1.29, 1.82) is 0 Å². The van der Waals surface area contributed by atoms with Crippen LogP contribution in [0.1, 0.15) is 17.3 Å². The quantitative estimate of drug-likeness (QED) is 0.688. The predicted molar refractivity (Wildman–Crippen MR) is 99.6 cm³/mol. The van der Waals surface area contributed by atoms with Gasteiger partial charge in [-0.1, -0.05) is 0 Å². The van der Waals surface area contributed by atoms with E-state index in [0.29, 0.717) is 36.8 Å². The van der Waals surface area contributed by atoms with E-state index in [2.05, 4.69) is 0 Å². The zero-order chi connectivity index (χ0) is 18.9. The number of nitrogens with zero attached hydrogens (tertiary/aromatic N) is 1. The molecule has 0 saturated carbocycles. The van der Waals surface area contributed by atoms with Gasteiger partial charge in [0.1, 0.15) is 18.1 Å². The predicted octanol–water partition coefficient (Wildman–Crippen LogP) is 3.25. The highest BCUT2D eigenvalue weighted by Crippen LogP contribution is 2.28. The molecule has 6 heteroatoms. The van der Waals surface area contributed by atoms with E-state index in [9.17, 15) is 4.79 Å². The van der Waals surface area contributed by atoms with Gasteiger partial charge in [0.05, 0.1) is 27.4 Å². The summed E-state index contributed by atoms with van der Waals surface area (Å²) in [4.78, 5) is 14.2. The maximum absolute atomic E-state index is 12.6. The van der Waals surface area contributed by atoms with Crippen LogP contribution in [-0.4, -0.2) is 51.8 Å². The summed E-state index contributed by atoms with van der Waals surface area (Å²) in [5.74, 6) is 2.56. The van der Waals surface area contributed by atoms with Crippen molar-refractivity contribution in [2.24, 2.45) is 0 Å². The van der Waals surface area contributed by atoms with Gasteiger partial charge in [0, 0.05) is 12.6 Å². The molecule has 0 radical (unpaired) electrons. The van der Waals surface area contributed by atoms with Gasteiger partial charge in [-0.2, -0.15) is 0 Å². The van der Waals surface area contributed by atoms with Gasteiger partial charge in [-0.25, -0.2) is 0 Å². The lowest BCUT2D eigenvalue weighted by Crippen LogP contribution is -2.30. The van der Waals surface area contributed by atoms with Crippen LogP contribution < -0.4 is 18.9 Å². The standard InChI is InChI=1S/C20H25NO5/c1-5-25-18-11-6-15(14-19(18)24-4)20(22)21(2)12-13-26-17-9-7-16(23-3)8-10-17/h6-11,14H,5,12-13H2,1-4H3. The molecule has 0 aliphatic rings. The first-order chi connectivity index (χ1) is 12.6. The molecule has 0 bridgehead atoms. The van der Waals surface area contributed by atoms with E-state index in [1.807, 2.05) is 31.2 Å². The van der Waals surface area contributed by atoms with Crippen LogP contribution in [0, 0.1) is 0 Å². The van der Waals surface area contributed by atoms with Crippen LogP contribution in [0.2, 0.25) is 0 Å². The van der Waals surface area contributed by atoms with Gasteiger partial charge < -0.3 is 23.8 Å². The Labute approximate surface area is 154 Å². The van der Waals surface area contributed by atoms with Crippen LogP contribution in [0.3, 0.4) is 0 Å². The van der Waals surface area contributed by atoms with Crippen molar-refractivity contribution in [3.8, 4) is 23.0 Å². The maximum Gasteiger partial charge on any atom is 0.253 e. The van der Waals surface area contributed by atoms with Crippen LogP contribution >= 0.6 is 0 Å². The van der Waals surface area contributed by atoms with E-state index >= 15 is 0 Å². The molecule has 140 valence electrons. The number of methoxy groups -OCH3 is 2. The van der Waals surface area contributed by atoms with Crippen molar-refractivity contribution >= 4 is 5.91 Å². The first-order valence-electron chi connectivity index (χ1n) is 8.42. The summed E-state index contributed by atoms with van der Waals surface area (Å²) < 4.78 is 21.5. The van der Waals surface area contributed by atoms with E-state index in [-0.39, 0.29) is 5.91 Å². The average Bonchev–Trinajstić information content (AvgIpc) is 2.68. The number of carbonyl (C=O) groups is 1. The second kappa shape index (κ2) is 9.56. The summed E-state index contributed by atoms with van der Waals surface area (Å²) in [6, 6.07) is 12.5. The fourth-order valence-electron chi connectivity index (χ4n) is 2.37. The molecule has 6 nitrogen and oxygen atoms in total. The third-order valence-corrected chi connectivity index (χ3v) is 3.81. The lowest BCUT2D eigenvalue weighted by molar-refractivity contribution is 0.0773. The molecule has 1 amide bonds. The summed E-state index contributed by atoms with van der Waals surface area (Å²) in [5, 5.41) is 0. The van der Waals surface area contributed by atoms with Crippen LogP contribution in [-0.2, 0) is 0 Å². The highest BCUT2D eigenvalue weighted by atomic mass is 16.5. The number of amides is 1. The van der Waals surface area contributed by atoms with Crippen LogP contribution in [0.25, 0.3) is 0 Å². The Kier molecular flexibility index (Phi) is 7.14. The third-order valence-electron chi connectivity index (χ3n) is 3.81. The Morgan fingerprint density at radius 3 is 2.23 bits per heavy atom. The lowest BCUT2D eigenvalue weighted by Gasteiger charge is -2.18. The van der Waals surface area contributed by atoms with Gasteiger partial charge in [0.25, 0.3) is 5.91 Å². The van der Waals surface area contributed by atoms with E-state index in [1.165, 1.54) is 0 Å². The molecule has 0 spiro atoms. The maximum atomic E-state index is 12.6. The minimum atomic E-state index is -0.107. The zero-order valence-electron chi connectivity index (χ0n) is 15.7. The molecule has 0 unspecified atom stereocenters. The number of hydrogen-bond acceptors (Lipinski definition) is 5. The number of likely N-dealkylation sites (N-methyl/N-ethyl adjacent to an activating group) is 1. The molecule has 2 aromatic carbocycles. The van der Waals surface area contributed by atoms with E-state index < -0.39 is 0 Å². The second-order valence-corrected chi connectivity index (χ2v) is 5.55. The molecule has 0 N–H and O–H groups in total. The van der Waals surface area contributed by atoms with E-state index in [1.54, 1.807) is 44.4 Å². The minimum absolute atomic E-state index is 0.107. The van der Waals surface area contributed by atoms with Crippen LogP contribution in [0.4, 0.5) is 0 Å². The van der Waals surface area contributed by atoms with Crippen molar-refractivity contribution < 1.29 is 23.7 Å². The van der Waals surface area contributed by atoms with Crippen LogP contribution in [0.15, 0.2) is 42.5 Å². The second-order valence-electron chi connectivity index (χ2n) is 5.55. The summed E-state index contributed by atoms with van der Waals surface area (Å²) in [6.45, 7) is 3.28. The van der Waals surface area contributed by atoms with Crippen LogP contribution in [0.5, 0.6) is 23.0 Å². The van der Waals surface area contributed by atoms with Gasteiger partial charge in [-0.05, 0) is 49.4 Å². The molecular formula is C20H25NO5. The summed E-state index contributed by atoms with van der Waals surface area (Å²) >= 11 is 0. The topological polar surface area (TPSA) is 57.2 Å². The summed E-state index contributed by atoms with van der Waals surface area (Å²) in [6.07, 6.45) is 0. The van der Waals surface area contributed by atoms with Gasteiger partial charge >= 0.3 is 0 Å². The van der Waals surface area contributed by atoms with Crippen molar-refractivity contribution in [3.05, 3.63) is 48.0 Å². The molecule has 2 aromatic rings. The van der Waals surface area contributed by atoms with Gasteiger partial charge in [0.15, 0.2) is 11.5 Å². The summed E-state index contributed by atoms with van der Waals surface area (Å²) in [7, 11) is 4.91. The molecule has 26 heavy (non-hydrogen) atoms.